The number of amides is 2. The largest absolute Gasteiger partial charge is 0.495 e. The van der Waals surface area contributed by atoms with Crippen LogP contribution in [0.3, 0.4) is 0 Å². The van der Waals surface area contributed by atoms with Crippen LogP contribution in [0.4, 0.5) is 5.69 Å². The number of rotatable bonds is 4. The van der Waals surface area contributed by atoms with Crippen molar-refractivity contribution >= 4 is 23.5 Å². The maximum Gasteiger partial charge on any atom is 0.314 e. The number of likely N-dealkylation sites (tertiary alicyclic amines) is 1. The van der Waals surface area contributed by atoms with Crippen LogP contribution in [-0.2, 0) is 19.1 Å². The number of nitrogens with one attached hydrogen (secondary N) is 1. The predicted molar refractivity (Wildman–Crippen MR) is 87.6 cm³/mol. The lowest BCUT2D eigenvalue weighted by Gasteiger charge is -2.30. The lowest BCUT2D eigenvalue weighted by molar-refractivity contribution is -0.152. The van der Waals surface area contributed by atoms with Gasteiger partial charge >= 0.3 is 17.8 Å². The molecule has 0 saturated carbocycles. The molecule has 2 amide bonds. The summed E-state index contributed by atoms with van der Waals surface area (Å²) in [5.74, 6) is -1.27. The second-order valence-corrected chi connectivity index (χ2v) is 5.47. The van der Waals surface area contributed by atoms with Crippen molar-refractivity contribution in [1.82, 2.24) is 4.90 Å². The highest BCUT2D eigenvalue weighted by molar-refractivity contribution is 6.39. The molecule has 1 aromatic rings. The molecule has 7 nitrogen and oxygen atoms in total. The molecule has 1 aromatic carbocycles. The predicted octanol–water partition coefficient (Wildman–Crippen LogP) is 1.44. The Hall–Kier alpha value is -2.57. The first kappa shape index (κ1) is 17.8. The fraction of sp³-hybridized carbons (Fsp3) is 0.471. The van der Waals surface area contributed by atoms with Gasteiger partial charge in [0.15, 0.2) is 0 Å². The maximum absolute atomic E-state index is 12.3. The number of piperidine rings is 1. The number of carbonyl (C=O) groups is 3. The van der Waals surface area contributed by atoms with Crippen LogP contribution < -0.4 is 10.1 Å². The Kier molecular flexibility index (Phi) is 6.17. The maximum atomic E-state index is 12.3. The van der Waals surface area contributed by atoms with Gasteiger partial charge in [0.25, 0.3) is 0 Å². The van der Waals surface area contributed by atoms with Crippen molar-refractivity contribution in [3.05, 3.63) is 24.3 Å². The SMILES string of the molecule is CCOC(=O)C1CCN(C(=O)C(=O)Nc2ccccc2OC)CC1. The Morgan fingerprint density at radius 1 is 1.21 bits per heavy atom. The number of nitrogens with zero attached hydrogens (tertiary/aromatic N) is 1. The number of esters is 1. The van der Waals surface area contributed by atoms with Gasteiger partial charge in [-0.25, -0.2) is 0 Å². The topological polar surface area (TPSA) is 84.9 Å². The third-order valence-electron chi connectivity index (χ3n) is 3.95. The number of benzene rings is 1. The van der Waals surface area contributed by atoms with Gasteiger partial charge in [-0.2, -0.15) is 0 Å². The van der Waals surface area contributed by atoms with E-state index >= 15 is 0 Å². The fourth-order valence-corrected chi connectivity index (χ4v) is 2.65. The monoisotopic (exact) mass is 334 g/mol. The summed E-state index contributed by atoms with van der Waals surface area (Å²) >= 11 is 0. The number of hydrogen-bond donors (Lipinski definition) is 1. The number of anilines is 1. The van der Waals surface area contributed by atoms with Crippen molar-refractivity contribution in [2.75, 3.05) is 32.1 Å². The summed E-state index contributed by atoms with van der Waals surface area (Å²) in [6.45, 7) is 2.83. The minimum atomic E-state index is -0.714. The van der Waals surface area contributed by atoms with Crippen molar-refractivity contribution in [1.29, 1.82) is 0 Å². The average molecular weight is 334 g/mol. The van der Waals surface area contributed by atoms with Gasteiger partial charge in [0.05, 0.1) is 25.3 Å². The van der Waals surface area contributed by atoms with Gasteiger partial charge in [0.1, 0.15) is 5.75 Å². The van der Waals surface area contributed by atoms with Gasteiger partial charge in [-0.1, -0.05) is 12.1 Å². The van der Waals surface area contributed by atoms with Crippen LogP contribution in [0, 0.1) is 5.92 Å². The molecule has 0 atom stereocenters. The Labute approximate surface area is 140 Å². The van der Waals surface area contributed by atoms with Crippen LogP contribution in [0.1, 0.15) is 19.8 Å². The third-order valence-corrected chi connectivity index (χ3v) is 3.95. The van der Waals surface area contributed by atoms with E-state index in [2.05, 4.69) is 5.32 Å². The number of ether oxygens (including phenoxy) is 2. The summed E-state index contributed by atoms with van der Waals surface area (Å²) in [6, 6.07) is 6.88. The van der Waals surface area contributed by atoms with Gasteiger partial charge in [0, 0.05) is 13.1 Å². The van der Waals surface area contributed by atoms with Gasteiger partial charge in [-0.05, 0) is 31.9 Å². The zero-order valence-corrected chi connectivity index (χ0v) is 13.9. The molecule has 0 bridgehead atoms. The van der Waals surface area contributed by atoms with E-state index in [4.69, 9.17) is 9.47 Å². The van der Waals surface area contributed by atoms with Gasteiger partial charge < -0.3 is 19.7 Å². The molecule has 1 aliphatic heterocycles. The van der Waals surface area contributed by atoms with E-state index in [1.165, 1.54) is 12.0 Å². The zero-order valence-electron chi connectivity index (χ0n) is 13.9. The van der Waals surface area contributed by atoms with Crippen LogP contribution in [0.15, 0.2) is 24.3 Å². The molecular weight excluding hydrogens is 312 g/mol. The minimum Gasteiger partial charge on any atom is -0.495 e. The second kappa shape index (κ2) is 8.33. The molecule has 1 heterocycles. The van der Waals surface area contributed by atoms with Crippen molar-refractivity contribution in [2.24, 2.45) is 5.92 Å². The third kappa shape index (κ3) is 4.24. The number of carbonyl (C=O) groups excluding carboxylic acids is 3. The average Bonchev–Trinajstić information content (AvgIpc) is 2.61. The van der Waals surface area contributed by atoms with E-state index in [-0.39, 0.29) is 11.9 Å². The molecule has 2 rings (SSSR count). The molecule has 130 valence electrons. The van der Waals surface area contributed by atoms with Crippen LogP contribution >= 0.6 is 0 Å². The molecule has 24 heavy (non-hydrogen) atoms. The van der Waals surface area contributed by atoms with Gasteiger partial charge in [0.2, 0.25) is 0 Å². The van der Waals surface area contributed by atoms with E-state index < -0.39 is 11.8 Å². The summed E-state index contributed by atoms with van der Waals surface area (Å²) in [5.41, 5.74) is 0.444. The molecule has 0 radical (unpaired) electrons. The summed E-state index contributed by atoms with van der Waals surface area (Å²) in [5, 5.41) is 2.57. The molecule has 0 aromatic heterocycles. The minimum absolute atomic E-state index is 0.203. The van der Waals surface area contributed by atoms with Crippen LogP contribution in [-0.4, -0.2) is 49.5 Å². The molecule has 7 heteroatoms. The molecular formula is C17H22N2O5. The molecule has 1 fully saturated rings. The van der Waals surface area contributed by atoms with Crippen molar-refractivity contribution in [3.63, 3.8) is 0 Å². The first-order valence-electron chi connectivity index (χ1n) is 7.96. The Bertz CT molecular complexity index is 609. The van der Waals surface area contributed by atoms with Crippen molar-refractivity contribution in [3.8, 4) is 5.75 Å². The van der Waals surface area contributed by atoms with E-state index in [1.807, 2.05) is 0 Å². The summed E-state index contributed by atoms with van der Waals surface area (Å²) in [4.78, 5) is 37.6. The molecule has 1 N–H and O–H groups in total. The van der Waals surface area contributed by atoms with E-state index in [0.29, 0.717) is 44.0 Å². The fourth-order valence-electron chi connectivity index (χ4n) is 2.65. The Morgan fingerprint density at radius 2 is 1.88 bits per heavy atom. The number of hydrogen-bond acceptors (Lipinski definition) is 5. The highest BCUT2D eigenvalue weighted by Gasteiger charge is 2.31. The first-order chi connectivity index (χ1) is 11.6. The number of para-hydroxylation sites is 2. The lowest BCUT2D eigenvalue weighted by Crippen LogP contribution is -2.45. The standard InChI is InChI=1S/C17H22N2O5/c1-3-24-17(22)12-8-10-19(11-9-12)16(21)15(20)18-13-6-4-5-7-14(13)23-2/h4-7,12H,3,8-11H2,1-2H3,(H,18,20). The molecule has 1 aliphatic rings. The smallest absolute Gasteiger partial charge is 0.314 e. The Balaban J connectivity index is 1.90. The summed E-state index contributed by atoms with van der Waals surface area (Å²) < 4.78 is 10.1. The van der Waals surface area contributed by atoms with E-state index in [9.17, 15) is 14.4 Å². The second-order valence-electron chi connectivity index (χ2n) is 5.47. The highest BCUT2D eigenvalue weighted by Crippen LogP contribution is 2.23. The van der Waals surface area contributed by atoms with Gasteiger partial charge in [-0.3, -0.25) is 14.4 Å². The van der Waals surface area contributed by atoms with Gasteiger partial charge in [-0.15, -0.1) is 0 Å². The molecule has 0 aliphatic carbocycles. The van der Waals surface area contributed by atoms with Crippen molar-refractivity contribution < 1.29 is 23.9 Å². The lowest BCUT2D eigenvalue weighted by atomic mass is 9.97. The van der Waals surface area contributed by atoms with E-state index in [0.717, 1.165) is 0 Å². The first-order valence-corrected chi connectivity index (χ1v) is 7.96. The quantitative estimate of drug-likeness (QED) is 0.665. The molecule has 0 spiro atoms. The summed E-state index contributed by atoms with van der Waals surface area (Å²) in [7, 11) is 1.49. The Morgan fingerprint density at radius 3 is 2.50 bits per heavy atom. The summed E-state index contributed by atoms with van der Waals surface area (Å²) in [6.07, 6.45) is 1.01. The zero-order chi connectivity index (χ0) is 17.5. The van der Waals surface area contributed by atoms with Crippen LogP contribution in [0.2, 0.25) is 0 Å². The normalized spacial score (nSPS) is 14.8. The molecule has 1 saturated heterocycles. The molecule has 0 unspecified atom stereocenters. The number of methoxy groups -OCH3 is 1. The van der Waals surface area contributed by atoms with E-state index in [1.54, 1.807) is 31.2 Å². The van der Waals surface area contributed by atoms with Crippen LogP contribution in [0.5, 0.6) is 5.75 Å². The van der Waals surface area contributed by atoms with Crippen molar-refractivity contribution in [2.45, 2.75) is 19.8 Å². The highest BCUT2D eigenvalue weighted by atomic mass is 16.5. The van der Waals surface area contributed by atoms with Crippen LogP contribution in [0.25, 0.3) is 0 Å².